The number of hydrogen-bond donors (Lipinski definition) is 8. The average molecular weight is 519 g/mol. The molecule has 0 spiro atoms. The molecule has 0 amide bonds. The van der Waals surface area contributed by atoms with E-state index in [1.165, 1.54) is 61.7 Å². The van der Waals surface area contributed by atoms with Crippen LogP contribution in [0.3, 0.4) is 0 Å². The second-order valence-corrected chi connectivity index (χ2v) is 9.40. The molecule has 38 heavy (non-hydrogen) atoms. The van der Waals surface area contributed by atoms with Gasteiger partial charge in [-0.1, -0.05) is 12.1 Å². The number of benzene rings is 4. The highest BCUT2D eigenvalue weighted by Gasteiger charge is 2.48. The van der Waals surface area contributed by atoms with E-state index in [9.17, 15) is 40.9 Å². The number of methoxy groups -OCH3 is 1. The van der Waals surface area contributed by atoms with E-state index in [4.69, 9.17) is 4.74 Å². The maximum atomic E-state index is 11.8. The van der Waals surface area contributed by atoms with Crippen molar-refractivity contribution in [2.45, 2.75) is 23.9 Å². The molecule has 1 aliphatic rings. The molecule has 196 valence electrons. The number of aliphatic hydroxyl groups excluding tert-OH is 1. The minimum absolute atomic E-state index is 0.127. The maximum absolute atomic E-state index is 11.8. The van der Waals surface area contributed by atoms with E-state index in [0.29, 0.717) is 27.8 Å². The number of phenols is 7. The molecule has 0 aromatic heterocycles. The Morgan fingerprint density at radius 1 is 0.632 bits per heavy atom. The van der Waals surface area contributed by atoms with Crippen LogP contribution in [-0.2, 0) is 0 Å². The predicted octanol–water partition coefficient (Wildman–Crippen LogP) is 4.38. The summed E-state index contributed by atoms with van der Waals surface area (Å²) in [6.07, 6.45) is -1.28. The van der Waals surface area contributed by atoms with Gasteiger partial charge in [-0.3, -0.25) is 0 Å². The van der Waals surface area contributed by atoms with Crippen LogP contribution in [0.4, 0.5) is 0 Å². The van der Waals surface area contributed by atoms with Gasteiger partial charge in [0.2, 0.25) is 0 Å². The molecule has 4 atom stereocenters. The molecule has 0 heterocycles. The lowest BCUT2D eigenvalue weighted by Crippen LogP contribution is -2.18. The van der Waals surface area contributed by atoms with E-state index in [1.807, 2.05) is 0 Å². The van der Waals surface area contributed by atoms with Crippen LogP contribution in [0, 0.1) is 0 Å². The van der Waals surface area contributed by atoms with Crippen molar-refractivity contribution >= 4 is 0 Å². The highest BCUT2D eigenvalue weighted by molar-refractivity contribution is 5.61. The molecule has 0 fully saturated rings. The summed E-state index contributed by atoms with van der Waals surface area (Å²) in [4.78, 5) is 0. The molecule has 8 N–H and O–H groups in total. The molecule has 4 aromatic rings. The van der Waals surface area contributed by atoms with Gasteiger partial charge in [0, 0.05) is 35.4 Å². The Labute approximate surface area is 217 Å². The van der Waals surface area contributed by atoms with Crippen molar-refractivity contribution in [3.63, 3.8) is 0 Å². The van der Waals surface area contributed by atoms with Crippen molar-refractivity contribution in [3.8, 4) is 46.0 Å². The SMILES string of the molecule is COc1cc([C@@H](O)[C@@H]2c3cc(O)cc(O)c3[C@H](c3ccc(O)c(O)c3)[C@H]2c2cc(O)cc(O)c2)ccc1O. The first kappa shape index (κ1) is 24.9. The summed E-state index contributed by atoms with van der Waals surface area (Å²) < 4.78 is 5.21. The molecule has 5 rings (SSSR count). The molecule has 4 aromatic carbocycles. The summed E-state index contributed by atoms with van der Waals surface area (Å²) in [5.41, 5.74) is 1.99. The maximum Gasteiger partial charge on any atom is 0.160 e. The Kier molecular flexibility index (Phi) is 6.08. The summed E-state index contributed by atoms with van der Waals surface area (Å²) in [7, 11) is 1.37. The largest absolute Gasteiger partial charge is 0.508 e. The van der Waals surface area contributed by atoms with Crippen LogP contribution in [0.2, 0.25) is 0 Å². The van der Waals surface area contributed by atoms with Crippen LogP contribution in [-0.4, -0.2) is 48.0 Å². The van der Waals surface area contributed by atoms with E-state index in [2.05, 4.69) is 0 Å². The molecule has 0 saturated heterocycles. The molecule has 0 saturated carbocycles. The molecule has 9 nitrogen and oxygen atoms in total. The molecule has 0 bridgehead atoms. The van der Waals surface area contributed by atoms with Gasteiger partial charge in [0.25, 0.3) is 0 Å². The van der Waals surface area contributed by atoms with Gasteiger partial charge >= 0.3 is 0 Å². The Hall–Kier alpha value is -4.76. The number of aromatic hydroxyl groups is 7. The Bertz CT molecular complexity index is 1510. The number of aliphatic hydroxyl groups is 1. The number of phenolic OH excluding ortho intramolecular Hbond substituents is 7. The Balaban J connectivity index is 1.80. The van der Waals surface area contributed by atoms with E-state index in [-0.39, 0.29) is 40.2 Å². The normalized spacial score (nSPS) is 19.2. The van der Waals surface area contributed by atoms with Gasteiger partial charge in [-0.2, -0.15) is 0 Å². The second-order valence-electron chi connectivity index (χ2n) is 9.40. The molecule has 1 aliphatic carbocycles. The van der Waals surface area contributed by atoms with Crippen LogP contribution < -0.4 is 4.74 Å². The zero-order chi connectivity index (χ0) is 27.3. The minimum Gasteiger partial charge on any atom is -0.508 e. The second kappa shape index (κ2) is 9.28. The number of rotatable bonds is 5. The van der Waals surface area contributed by atoms with Gasteiger partial charge in [0.1, 0.15) is 23.0 Å². The van der Waals surface area contributed by atoms with Gasteiger partial charge in [0.05, 0.1) is 13.2 Å². The highest BCUT2D eigenvalue weighted by atomic mass is 16.5. The van der Waals surface area contributed by atoms with Crippen LogP contribution >= 0.6 is 0 Å². The van der Waals surface area contributed by atoms with Gasteiger partial charge in [-0.15, -0.1) is 0 Å². The third-order valence-corrected chi connectivity index (χ3v) is 7.14. The van der Waals surface area contributed by atoms with Crippen LogP contribution in [0.1, 0.15) is 51.7 Å². The minimum atomic E-state index is -1.28. The summed E-state index contributed by atoms with van der Waals surface area (Å²) in [5.74, 6) is -4.07. The smallest absolute Gasteiger partial charge is 0.160 e. The van der Waals surface area contributed by atoms with E-state index in [1.54, 1.807) is 6.07 Å². The first-order valence-corrected chi connectivity index (χ1v) is 11.7. The molecular weight excluding hydrogens is 492 g/mol. The molecule has 0 aliphatic heterocycles. The summed E-state index contributed by atoms with van der Waals surface area (Å²) in [6.45, 7) is 0. The van der Waals surface area contributed by atoms with Crippen LogP contribution in [0.25, 0.3) is 0 Å². The standard InChI is InChI=1S/C29H26O9/c1-38-24-9-14(3-5-21(24)34)29(37)28-19-11-18(32)12-23(36)27(19)25(13-2-4-20(33)22(35)8-13)26(28)15-6-16(30)10-17(31)7-15/h2-12,25-26,28-37H,1H3/t25-,26-,28-,29-/m1/s1. The third kappa shape index (κ3) is 4.12. The van der Waals surface area contributed by atoms with Gasteiger partial charge in [-0.25, -0.2) is 0 Å². The average Bonchev–Trinajstić information content (AvgIpc) is 3.20. The fraction of sp³-hybridized carbons (Fsp3) is 0.172. The number of ether oxygens (including phenoxy) is 1. The molecule has 9 heteroatoms. The summed E-state index contributed by atoms with van der Waals surface area (Å²) in [5, 5.41) is 84.1. The van der Waals surface area contributed by atoms with Crippen molar-refractivity contribution in [2.24, 2.45) is 0 Å². The number of fused-ring (bicyclic) bond motifs is 1. The molecule has 0 unspecified atom stereocenters. The lowest BCUT2D eigenvalue weighted by atomic mass is 9.74. The molecule has 0 radical (unpaired) electrons. The quantitative estimate of drug-likeness (QED) is 0.179. The van der Waals surface area contributed by atoms with E-state index < -0.39 is 29.6 Å². The van der Waals surface area contributed by atoms with Crippen LogP contribution in [0.15, 0.2) is 66.7 Å². The lowest BCUT2D eigenvalue weighted by Gasteiger charge is -2.30. The zero-order valence-electron chi connectivity index (χ0n) is 20.1. The zero-order valence-corrected chi connectivity index (χ0v) is 20.1. The van der Waals surface area contributed by atoms with Crippen LogP contribution in [0.5, 0.6) is 46.0 Å². The summed E-state index contributed by atoms with van der Waals surface area (Å²) in [6, 6.07) is 15.2. The van der Waals surface area contributed by atoms with Crippen molar-refractivity contribution in [1.29, 1.82) is 0 Å². The fourth-order valence-corrected chi connectivity index (χ4v) is 5.61. The van der Waals surface area contributed by atoms with Gasteiger partial charge < -0.3 is 45.6 Å². The fourth-order valence-electron chi connectivity index (χ4n) is 5.61. The first-order valence-electron chi connectivity index (χ1n) is 11.7. The topological polar surface area (TPSA) is 171 Å². The van der Waals surface area contributed by atoms with E-state index >= 15 is 0 Å². The van der Waals surface area contributed by atoms with Crippen molar-refractivity contribution < 1.29 is 45.6 Å². The predicted molar refractivity (Wildman–Crippen MR) is 136 cm³/mol. The Morgan fingerprint density at radius 2 is 1.29 bits per heavy atom. The van der Waals surface area contributed by atoms with E-state index in [0.717, 1.165) is 6.07 Å². The monoisotopic (exact) mass is 518 g/mol. The first-order chi connectivity index (χ1) is 18.1. The van der Waals surface area contributed by atoms with Gasteiger partial charge in [0.15, 0.2) is 23.0 Å². The van der Waals surface area contributed by atoms with Crippen molar-refractivity contribution in [2.75, 3.05) is 7.11 Å². The highest BCUT2D eigenvalue weighted by Crippen LogP contribution is 2.62. The number of hydrogen-bond acceptors (Lipinski definition) is 9. The third-order valence-electron chi connectivity index (χ3n) is 7.14. The van der Waals surface area contributed by atoms with Gasteiger partial charge in [-0.05, 0) is 64.7 Å². The lowest BCUT2D eigenvalue weighted by molar-refractivity contribution is 0.134. The Morgan fingerprint density at radius 3 is 1.95 bits per heavy atom. The molecular formula is C29H26O9. The van der Waals surface area contributed by atoms with Crippen molar-refractivity contribution in [1.82, 2.24) is 0 Å². The summed E-state index contributed by atoms with van der Waals surface area (Å²) >= 11 is 0. The van der Waals surface area contributed by atoms with Crippen molar-refractivity contribution in [3.05, 3.63) is 94.5 Å².